The lowest BCUT2D eigenvalue weighted by molar-refractivity contribution is 0.436. The average molecular weight is 404 g/mol. The normalized spacial score (nSPS) is 12.9. The van der Waals surface area contributed by atoms with Gasteiger partial charge in [-0.1, -0.05) is 90.1 Å². The van der Waals surface area contributed by atoms with E-state index in [2.05, 4.69) is 70.8 Å². The van der Waals surface area contributed by atoms with E-state index in [-0.39, 0.29) is 0 Å². The lowest BCUT2D eigenvalue weighted by Gasteiger charge is -2.14. The molecule has 1 aromatic carbocycles. The zero-order valence-electron chi connectivity index (χ0n) is 13.1. The maximum atomic E-state index is 3.61. The van der Waals surface area contributed by atoms with Crippen LogP contribution >= 0.6 is 31.9 Å². The Morgan fingerprint density at radius 3 is 2.25 bits per heavy atom. The Bertz CT molecular complexity index is 385. The van der Waals surface area contributed by atoms with Gasteiger partial charge in [-0.05, 0) is 41.4 Å². The Kier molecular flexibility index (Phi) is 9.11. The van der Waals surface area contributed by atoms with Crippen molar-refractivity contribution in [2.24, 2.45) is 11.8 Å². The number of benzene rings is 1. The van der Waals surface area contributed by atoms with Crippen LogP contribution in [0.25, 0.3) is 0 Å². The van der Waals surface area contributed by atoms with E-state index in [4.69, 9.17) is 0 Å². The molecule has 0 bridgehead atoms. The van der Waals surface area contributed by atoms with Crippen LogP contribution in [0, 0.1) is 11.8 Å². The smallest absolute Gasteiger partial charge is 0.0285 e. The summed E-state index contributed by atoms with van der Waals surface area (Å²) in [5.41, 5.74) is 4.36. The average Bonchev–Trinajstić information content (AvgIpc) is 2.44. The summed E-state index contributed by atoms with van der Waals surface area (Å²) in [5, 5.41) is 1.92. The van der Waals surface area contributed by atoms with E-state index >= 15 is 0 Å². The Hall–Kier alpha value is 0.180. The standard InChI is InChI=1S/C18H28Br2/c1-14(2)5-4-6-15(3)7-9-17-11-16(12-19)8-10-18(17)13-20/h8,10-11,14-15H,4-7,9,12-13H2,1-3H3. The first-order chi connectivity index (χ1) is 9.56. The zero-order chi connectivity index (χ0) is 15.0. The Morgan fingerprint density at radius 1 is 0.900 bits per heavy atom. The molecule has 2 heteroatoms. The van der Waals surface area contributed by atoms with Gasteiger partial charge in [-0.25, -0.2) is 0 Å². The van der Waals surface area contributed by atoms with Crippen molar-refractivity contribution in [2.75, 3.05) is 0 Å². The highest BCUT2D eigenvalue weighted by Gasteiger charge is 2.07. The largest absolute Gasteiger partial charge is 0.0876 e. The molecule has 0 heterocycles. The minimum Gasteiger partial charge on any atom is -0.0876 e. The van der Waals surface area contributed by atoms with Gasteiger partial charge in [0.15, 0.2) is 0 Å². The first-order valence-corrected chi connectivity index (χ1v) is 10.0. The second-order valence-electron chi connectivity index (χ2n) is 6.34. The molecule has 1 aromatic rings. The molecule has 1 atom stereocenters. The van der Waals surface area contributed by atoms with Gasteiger partial charge < -0.3 is 0 Å². The van der Waals surface area contributed by atoms with Gasteiger partial charge >= 0.3 is 0 Å². The van der Waals surface area contributed by atoms with E-state index in [0.717, 1.165) is 22.5 Å². The summed E-state index contributed by atoms with van der Waals surface area (Å²) < 4.78 is 0. The molecule has 0 saturated heterocycles. The molecule has 0 fully saturated rings. The van der Waals surface area contributed by atoms with Gasteiger partial charge in [-0.3, -0.25) is 0 Å². The number of alkyl halides is 2. The molecule has 114 valence electrons. The van der Waals surface area contributed by atoms with Crippen LogP contribution in [0.15, 0.2) is 18.2 Å². The highest BCUT2D eigenvalue weighted by Crippen LogP contribution is 2.22. The fourth-order valence-corrected chi connectivity index (χ4v) is 3.44. The molecule has 0 nitrogen and oxygen atoms in total. The number of rotatable bonds is 9. The monoisotopic (exact) mass is 402 g/mol. The van der Waals surface area contributed by atoms with Crippen molar-refractivity contribution in [3.8, 4) is 0 Å². The lowest BCUT2D eigenvalue weighted by atomic mass is 9.92. The second kappa shape index (κ2) is 10.00. The van der Waals surface area contributed by atoms with Gasteiger partial charge in [0, 0.05) is 10.7 Å². The molecular formula is C18H28Br2. The summed E-state index contributed by atoms with van der Waals surface area (Å²) in [6.45, 7) is 7.04. The van der Waals surface area contributed by atoms with E-state index in [1.807, 2.05) is 0 Å². The summed E-state index contributed by atoms with van der Waals surface area (Å²) in [6.07, 6.45) is 6.65. The summed E-state index contributed by atoms with van der Waals surface area (Å²) in [4.78, 5) is 0. The van der Waals surface area contributed by atoms with Crippen LogP contribution in [-0.4, -0.2) is 0 Å². The minimum atomic E-state index is 0.838. The van der Waals surface area contributed by atoms with Crippen molar-refractivity contribution in [1.82, 2.24) is 0 Å². The molecule has 0 aliphatic rings. The molecule has 1 rings (SSSR count). The Balaban J connectivity index is 2.47. The minimum absolute atomic E-state index is 0.838. The predicted molar refractivity (Wildman–Crippen MR) is 97.9 cm³/mol. The predicted octanol–water partition coefficient (Wildman–Crippen LogP) is 6.87. The quantitative estimate of drug-likeness (QED) is 0.394. The van der Waals surface area contributed by atoms with Gasteiger partial charge in [0.1, 0.15) is 0 Å². The third kappa shape index (κ3) is 6.76. The molecule has 0 spiro atoms. The molecule has 0 aromatic heterocycles. The van der Waals surface area contributed by atoms with E-state index in [1.54, 1.807) is 0 Å². The second-order valence-corrected chi connectivity index (χ2v) is 7.46. The van der Waals surface area contributed by atoms with E-state index in [1.165, 1.54) is 48.8 Å². The Labute approximate surface area is 142 Å². The summed E-state index contributed by atoms with van der Waals surface area (Å²) in [5.74, 6) is 1.68. The first kappa shape index (κ1) is 18.2. The van der Waals surface area contributed by atoms with Crippen molar-refractivity contribution < 1.29 is 0 Å². The van der Waals surface area contributed by atoms with Crippen LogP contribution in [0.4, 0.5) is 0 Å². The number of hydrogen-bond donors (Lipinski definition) is 0. The van der Waals surface area contributed by atoms with Gasteiger partial charge in [0.25, 0.3) is 0 Å². The summed E-state index contributed by atoms with van der Waals surface area (Å²) in [7, 11) is 0. The molecule has 0 radical (unpaired) electrons. The molecule has 0 amide bonds. The van der Waals surface area contributed by atoms with Gasteiger partial charge in [0.05, 0.1) is 0 Å². The topological polar surface area (TPSA) is 0 Å². The fourth-order valence-electron chi connectivity index (χ4n) is 2.55. The maximum Gasteiger partial charge on any atom is 0.0285 e. The van der Waals surface area contributed by atoms with Crippen LogP contribution in [0.3, 0.4) is 0 Å². The molecule has 0 aliphatic carbocycles. The lowest BCUT2D eigenvalue weighted by Crippen LogP contribution is -2.01. The SMILES string of the molecule is CC(C)CCCC(C)CCc1cc(CBr)ccc1CBr. The fraction of sp³-hybridized carbons (Fsp3) is 0.667. The van der Waals surface area contributed by atoms with Crippen molar-refractivity contribution in [1.29, 1.82) is 0 Å². The van der Waals surface area contributed by atoms with Crippen LogP contribution < -0.4 is 0 Å². The maximum absolute atomic E-state index is 3.61. The van der Waals surface area contributed by atoms with Crippen molar-refractivity contribution in [3.63, 3.8) is 0 Å². The van der Waals surface area contributed by atoms with Crippen LogP contribution in [0.1, 0.15) is 63.1 Å². The third-order valence-corrected chi connectivity index (χ3v) is 5.21. The van der Waals surface area contributed by atoms with Crippen LogP contribution in [0.2, 0.25) is 0 Å². The van der Waals surface area contributed by atoms with Gasteiger partial charge in [-0.15, -0.1) is 0 Å². The molecule has 0 N–H and O–H groups in total. The third-order valence-electron chi connectivity index (χ3n) is 3.95. The highest BCUT2D eigenvalue weighted by atomic mass is 79.9. The summed E-state index contributed by atoms with van der Waals surface area (Å²) in [6, 6.07) is 6.86. The van der Waals surface area contributed by atoms with Crippen LogP contribution in [-0.2, 0) is 17.1 Å². The van der Waals surface area contributed by atoms with Gasteiger partial charge in [-0.2, -0.15) is 0 Å². The number of aryl methyl sites for hydroxylation is 1. The zero-order valence-corrected chi connectivity index (χ0v) is 16.3. The van der Waals surface area contributed by atoms with Crippen molar-refractivity contribution in [2.45, 2.75) is 63.5 Å². The molecule has 1 unspecified atom stereocenters. The molecule has 20 heavy (non-hydrogen) atoms. The van der Waals surface area contributed by atoms with E-state index < -0.39 is 0 Å². The number of halogens is 2. The van der Waals surface area contributed by atoms with Gasteiger partial charge in [0.2, 0.25) is 0 Å². The molecular weight excluding hydrogens is 376 g/mol. The molecule has 0 saturated carbocycles. The first-order valence-electron chi connectivity index (χ1n) is 7.79. The van der Waals surface area contributed by atoms with Crippen LogP contribution in [0.5, 0.6) is 0 Å². The number of hydrogen-bond acceptors (Lipinski definition) is 0. The Morgan fingerprint density at radius 2 is 1.65 bits per heavy atom. The van der Waals surface area contributed by atoms with E-state index in [0.29, 0.717) is 0 Å². The molecule has 0 aliphatic heterocycles. The highest BCUT2D eigenvalue weighted by molar-refractivity contribution is 9.08. The van der Waals surface area contributed by atoms with E-state index in [9.17, 15) is 0 Å². The summed E-state index contributed by atoms with van der Waals surface area (Å²) >= 11 is 7.16. The van der Waals surface area contributed by atoms with Crippen molar-refractivity contribution >= 4 is 31.9 Å². The van der Waals surface area contributed by atoms with Crippen molar-refractivity contribution in [3.05, 3.63) is 34.9 Å².